The molecule has 1 rings (SSSR count). The summed E-state index contributed by atoms with van der Waals surface area (Å²) in [7, 11) is 0. The Morgan fingerprint density at radius 1 is 0.466 bits per heavy atom. The minimum Gasteiger partial charge on any atom is -0.479 e. The number of esters is 3. The number of unbranched alkanes of at least 4 members (excludes halogenated alkanes) is 31. The molecule has 0 spiro atoms. The van der Waals surface area contributed by atoms with Gasteiger partial charge >= 0.3 is 23.9 Å². The van der Waals surface area contributed by atoms with Crippen LogP contribution >= 0.6 is 0 Å². The predicted octanol–water partition coefficient (Wildman–Crippen LogP) is 15.2. The van der Waals surface area contributed by atoms with E-state index in [1.54, 1.807) is 0 Å². The Balaban J connectivity index is 2.62. The van der Waals surface area contributed by atoms with Crippen molar-refractivity contribution in [2.24, 2.45) is 0 Å². The second-order valence-corrected chi connectivity index (χ2v) is 20.6. The summed E-state index contributed by atoms with van der Waals surface area (Å²) in [4.78, 5) is 51.0. The van der Waals surface area contributed by atoms with Crippen molar-refractivity contribution < 1.29 is 58.2 Å². The zero-order chi connectivity index (χ0) is 53.3. The minimum absolute atomic E-state index is 0.0526. The van der Waals surface area contributed by atoms with E-state index in [2.05, 4.69) is 57.2 Å². The molecule has 0 radical (unpaired) electrons. The average Bonchev–Trinajstić information content (AvgIpc) is 3.37. The second kappa shape index (κ2) is 49.8. The normalized spacial score (nSPS) is 18.5. The van der Waals surface area contributed by atoms with Gasteiger partial charge in [-0.15, -0.1) is 0 Å². The number of hydrogen-bond acceptors (Lipinski definition) is 11. The minimum atomic E-state index is -1.90. The number of carbonyl (C=O) groups excluding carboxylic acids is 3. The van der Waals surface area contributed by atoms with Crippen molar-refractivity contribution in [1.29, 1.82) is 0 Å². The third-order valence-corrected chi connectivity index (χ3v) is 13.7. The molecule has 73 heavy (non-hydrogen) atoms. The predicted molar refractivity (Wildman–Crippen MR) is 294 cm³/mol. The van der Waals surface area contributed by atoms with Crippen LogP contribution in [0.2, 0.25) is 0 Å². The first-order valence-corrected chi connectivity index (χ1v) is 30.0. The van der Waals surface area contributed by atoms with E-state index in [-0.39, 0.29) is 25.9 Å². The second-order valence-electron chi connectivity index (χ2n) is 20.6. The molecule has 0 aromatic rings. The Labute approximate surface area is 444 Å². The summed E-state index contributed by atoms with van der Waals surface area (Å²) in [6, 6.07) is 0. The van der Waals surface area contributed by atoms with Gasteiger partial charge in [-0.05, 0) is 51.4 Å². The molecule has 6 unspecified atom stereocenters. The van der Waals surface area contributed by atoms with Crippen molar-refractivity contribution >= 4 is 23.9 Å². The van der Waals surface area contributed by atoms with E-state index in [1.165, 1.54) is 116 Å². The average molecular weight is 1030 g/mol. The number of carboxylic acid groups (broad SMARTS) is 1. The number of carbonyl (C=O) groups is 4. The molecule has 0 aliphatic carbocycles. The monoisotopic (exact) mass is 1030 g/mol. The Kier molecular flexibility index (Phi) is 46.4. The van der Waals surface area contributed by atoms with Gasteiger partial charge in [-0.2, -0.15) is 0 Å². The van der Waals surface area contributed by atoms with Crippen LogP contribution in [0, 0.1) is 0 Å². The summed E-state index contributed by atoms with van der Waals surface area (Å²) in [6.07, 6.45) is 45.5. The molecular formula is C61H108O12. The highest BCUT2D eigenvalue weighted by atomic mass is 16.7. The number of aliphatic hydroxyl groups excluding tert-OH is 2. The van der Waals surface area contributed by atoms with E-state index >= 15 is 0 Å². The van der Waals surface area contributed by atoms with Crippen molar-refractivity contribution in [1.82, 2.24) is 0 Å². The van der Waals surface area contributed by atoms with Crippen LogP contribution in [0.5, 0.6) is 0 Å². The molecule has 1 aliphatic rings. The van der Waals surface area contributed by atoms with E-state index in [9.17, 15) is 34.5 Å². The highest BCUT2D eigenvalue weighted by Gasteiger charge is 2.50. The molecule has 0 amide bonds. The van der Waals surface area contributed by atoms with Gasteiger partial charge in [-0.1, -0.05) is 243 Å². The highest BCUT2D eigenvalue weighted by molar-refractivity contribution is 5.74. The summed E-state index contributed by atoms with van der Waals surface area (Å²) in [5.41, 5.74) is 0. The molecule has 0 saturated carbocycles. The zero-order valence-corrected chi connectivity index (χ0v) is 46.6. The van der Waals surface area contributed by atoms with Crippen molar-refractivity contribution in [3.8, 4) is 0 Å². The van der Waals surface area contributed by atoms with Crippen LogP contribution in [-0.2, 0) is 42.9 Å². The van der Waals surface area contributed by atoms with Crippen molar-refractivity contribution in [3.05, 3.63) is 36.5 Å². The summed E-state index contributed by atoms with van der Waals surface area (Å²) >= 11 is 0. The molecular weight excluding hydrogens is 925 g/mol. The van der Waals surface area contributed by atoms with Crippen LogP contribution in [0.25, 0.3) is 0 Å². The number of allylic oxidation sites excluding steroid dienone is 6. The van der Waals surface area contributed by atoms with Crippen LogP contribution in [0.4, 0.5) is 0 Å². The molecule has 12 heteroatoms. The SMILES string of the molecule is CC/C=C\C/C=C\C/C=C\CCCCCCCCCC(=O)OC1C(OCC(COC(=O)CCCCCCCCCCCCCCCCCCC)OC(=O)CCCCCCCCCCC)OC(C(=O)O)C(O)C1O. The molecule has 1 heterocycles. The van der Waals surface area contributed by atoms with E-state index < -0.39 is 67.3 Å². The number of carboxylic acids is 1. The molecule has 0 bridgehead atoms. The van der Waals surface area contributed by atoms with Crippen LogP contribution < -0.4 is 0 Å². The molecule has 6 atom stereocenters. The molecule has 0 aromatic carbocycles. The van der Waals surface area contributed by atoms with Gasteiger partial charge in [0, 0.05) is 19.3 Å². The lowest BCUT2D eigenvalue weighted by Crippen LogP contribution is -2.61. The fourth-order valence-electron chi connectivity index (χ4n) is 9.15. The first kappa shape index (κ1) is 68.0. The smallest absolute Gasteiger partial charge is 0.335 e. The van der Waals surface area contributed by atoms with Gasteiger partial charge in [-0.25, -0.2) is 4.79 Å². The van der Waals surface area contributed by atoms with Crippen LogP contribution in [0.3, 0.4) is 0 Å². The lowest BCUT2D eigenvalue weighted by molar-refractivity contribution is -0.301. The maximum atomic E-state index is 13.1. The molecule has 1 fully saturated rings. The van der Waals surface area contributed by atoms with Crippen molar-refractivity contribution in [2.75, 3.05) is 13.2 Å². The topological polar surface area (TPSA) is 175 Å². The third kappa shape index (κ3) is 39.9. The summed E-state index contributed by atoms with van der Waals surface area (Å²) in [5, 5.41) is 31.4. The van der Waals surface area contributed by atoms with E-state index in [4.69, 9.17) is 23.7 Å². The zero-order valence-electron chi connectivity index (χ0n) is 46.6. The largest absolute Gasteiger partial charge is 0.479 e. The highest BCUT2D eigenvalue weighted by Crippen LogP contribution is 2.27. The van der Waals surface area contributed by atoms with Gasteiger partial charge in [0.1, 0.15) is 18.8 Å². The quantitative estimate of drug-likeness (QED) is 0.0228. The fraction of sp³-hybridized carbons (Fsp3) is 0.836. The Hall–Kier alpha value is -3.06. The summed E-state index contributed by atoms with van der Waals surface area (Å²) in [6.45, 7) is 5.88. The Morgan fingerprint density at radius 3 is 1.32 bits per heavy atom. The van der Waals surface area contributed by atoms with Gasteiger partial charge in [0.25, 0.3) is 0 Å². The third-order valence-electron chi connectivity index (χ3n) is 13.7. The molecule has 424 valence electrons. The van der Waals surface area contributed by atoms with Gasteiger partial charge < -0.3 is 39.0 Å². The Bertz CT molecular complexity index is 1410. The van der Waals surface area contributed by atoms with E-state index in [0.717, 1.165) is 103 Å². The number of ether oxygens (including phenoxy) is 5. The van der Waals surface area contributed by atoms with Crippen molar-refractivity contribution in [3.63, 3.8) is 0 Å². The number of aliphatic carboxylic acids is 1. The van der Waals surface area contributed by atoms with Gasteiger partial charge in [0.2, 0.25) is 0 Å². The molecule has 3 N–H and O–H groups in total. The number of rotatable bonds is 51. The maximum absolute atomic E-state index is 13.1. The summed E-state index contributed by atoms with van der Waals surface area (Å²) < 4.78 is 28.4. The van der Waals surface area contributed by atoms with E-state index in [1.807, 2.05) is 0 Å². The van der Waals surface area contributed by atoms with Gasteiger partial charge in [-0.3, -0.25) is 14.4 Å². The molecule has 1 saturated heterocycles. The summed E-state index contributed by atoms with van der Waals surface area (Å²) in [5.74, 6) is -3.11. The van der Waals surface area contributed by atoms with Crippen molar-refractivity contribution in [2.45, 2.75) is 314 Å². The van der Waals surface area contributed by atoms with Gasteiger partial charge in [0.15, 0.2) is 24.6 Å². The molecule has 0 aromatic heterocycles. The number of aliphatic hydroxyl groups is 2. The van der Waals surface area contributed by atoms with Crippen LogP contribution in [0.1, 0.15) is 278 Å². The lowest BCUT2D eigenvalue weighted by atomic mass is 9.98. The maximum Gasteiger partial charge on any atom is 0.335 e. The first-order valence-electron chi connectivity index (χ1n) is 30.0. The fourth-order valence-corrected chi connectivity index (χ4v) is 9.15. The Morgan fingerprint density at radius 2 is 0.863 bits per heavy atom. The van der Waals surface area contributed by atoms with Crippen LogP contribution in [-0.4, -0.2) is 89.2 Å². The van der Waals surface area contributed by atoms with E-state index in [0.29, 0.717) is 19.3 Å². The molecule has 1 aliphatic heterocycles. The standard InChI is InChI=1S/C61H108O12/c1-4-7-10-13-16-19-21-23-25-27-29-31-33-36-38-41-44-47-53(62)69-50-52(71-54(63)48-45-42-39-35-18-15-12-9-6-3)51-70-61-59(57(66)56(65)58(73-61)60(67)68)72-55(64)49-46-43-40-37-34-32-30-28-26-24-22-20-17-14-11-8-5-2/h8,11,17,20,24,26,52,56-59,61,65-66H,4-7,9-10,12-16,18-19,21-23,25,27-51H2,1-3H3,(H,67,68)/b11-8-,20-17-,26-24-. The number of hydrogen-bond donors (Lipinski definition) is 3. The van der Waals surface area contributed by atoms with Crippen LogP contribution in [0.15, 0.2) is 36.5 Å². The van der Waals surface area contributed by atoms with Gasteiger partial charge in [0.05, 0.1) is 6.61 Å². The first-order chi connectivity index (χ1) is 35.6. The molecule has 12 nitrogen and oxygen atoms in total. The lowest BCUT2D eigenvalue weighted by Gasteiger charge is -2.40.